The van der Waals surface area contributed by atoms with E-state index in [1.165, 1.54) is 30.4 Å². The molecule has 0 unspecified atom stereocenters. The zero-order valence-corrected chi connectivity index (χ0v) is 11.6. The fraction of sp³-hybridized carbons (Fsp3) is 0.357. The standard InChI is InChI=1S/C14H17ClFNO2/c1-9(2)13(8-18)17-14(19)6-4-10-3-5-12(16)11(15)7-10/h3-7,9,13,18H,8H2,1-2H3,(H,17,19)/t13-/m1/s1. The maximum atomic E-state index is 12.9. The Kier molecular flexibility index (Phi) is 5.99. The molecule has 0 bridgehead atoms. The van der Waals surface area contributed by atoms with Crippen LogP contribution in [0, 0.1) is 11.7 Å². The van der Waals surface area contributed by atoms with E-state index in [0.717, 1.165) is 0 Å². The average Bonchev–Trinajstić information content (AvgIpc) is 2.37. The molecule has 1 aromatic carbocycles. The minimum atomic E-state index is -0.497. The summed E-state index contributed by atoms with van der Waals surface area (Å²) in [5.41, 5.74) is 0.631. The molecule has 0 saturated heterocycles. The third-order valence-electron chi connectivity index (χ3n) is 2.70. The van der Waals surface area contributed by atoms with Gasteiger partial charge in [-0.15, -0.1) is 0 Å². The Balaban J connectivity index is 2.65. The highest BCUT2D eigenvalue weighted by Gasteiger charge is 2.13. The van der Waals surface area contributed by atoms with E-state index in [9.17, 15) is 9.18 Å². The topological polar surface area (TPSA) is 49.3 Å². The van der Waals surface area contributed by atoms with Gasteiger partial charge in [-0.25, -0.2) is 4.39 Å². The Morgan fingerprint density at radius 3 is 2.74 bits per heavy atom. The summed E-state index contributed by atoms with van der Waals surface area (Å²) in [6.45, 7) is 3.70. The number of carbonyl (C=O) groups is 1. The first-order valence-corrected chi connectivity index (χ1v) is 6.36. The van der Waals surface area contributed by atoms with E-state index in [4.69, 9.17) is 16.7 Å². The number of benzene rings is 1. The molecule has 0 aliphatic carbocycles. The van der Waals surface area contributed by atoms with Gasteiger partial charge in [-0.2, -0.15) is 0 Å². The molecule has 1 aromatic rings. The molecule has 1 atom stereocenters. The summed E-state index contributed by atoms with van der Waals surface area (Å²) in [6.07, 6.45) is 2.87. The van der Waals surface area contributed by atoms with E-state index >= 15 is 0 Å². The van der Waals surface area contributed by atoms with Crippen molar-refractivity contribution in [1.82, 2.24) is 5.32 Å². The predicted octanol–water partition coefficient (Wildman–Crippen LogP) is 2.63. The maximum Gasteiger partial charge on any atom is 0.244 e. The van der Waals surface area contributed by atoms with Crippen LogP contribution >= 0.6 is 11.6 Å². The second kappa shape index (κ2) is 7.26. The van der Waals surface area contributed by atoms with Gasteiger partial charge >= 0.3 is 0 Å². The first kappa shape index (κ1) is 15.7. The van der Waals surface area contributed by atoms with E-state index in [0.29, 0.717) is 5.56 Å². The number of carbonyl (C=O) groups excluding carboxylic acids is 1. The van der Waals surface area contributed by atoms with Gasteiger partial charge in [0.05, 0.1) is 17.7 Å². The van der Waals surface area contributed by atoms with E-state index in [1.54, 1.807) is 0 Å². The van der Waals surface area contributed by atoms with Crippen molar-refractivity contribution in [3.05, 3.63) is 40.7 Å². The summed E-state index contributed by atoms with van der Waals surface area (Å²) in [5.74, 6) is -0.667. The minimum absolute atomic E-state index is 0.0120. The number of nitrogens with one attached hydrogen (secondary N) is 1. The van der Waals surface area contributed by atoms with Crippen LogP contribution in [-0.2, 0) is 4.79 Å². The summed E-state index contributed by atoms with van der Waals surface area (Å²) >= 11 is 5.63. The van der Waals surface area contributed by atoms with Crippen LogP contribution in [0.2, 0.25) is 5.02 Å². The zero-order chi connectivity index (χ0) is 14.4. The highest BCUT2D eigenvalue weighted by atomic mass is 35.5. The summed E-state index contributed by atoms with van der Waals surface area (Å²) in [4.78, 5) is 11.6. The van der Waals surface area contributed by atoms with Gasteiger partial charge in [-0.3, -0.25) is 4.79 Å². The Morgan fingerprint density at radius 2 is 2.21 bits per heavy atom. The second-order valence-corrected chi connectivity index (χ2v) is 4.96. The molecule has 5 heteroatoms. The molecular formula is C14H17ClFNO2. The highest BCUT2D eigenvalue weighted by Crippen LogP contribution is 2.16. The van der Waals surface area contributed by atoms with Crippen molar-refractivity contribution in [1.29, 1.82) is 0 Å². The highest BCUT2D eigenvalue weighted by molar-refractivity contribution is 6.30. The van der Waals surface area contributed by atoms with Crippen molar-refractivity contribution in [2.24, 2.45) is 5.92 Å². The number of halogens is 2. The van der Waals surface area contributed by atoms with Gasteiger partial charge in [-0.05, 0) is 29.7 Å². The summed E-state index contributed by atoms with van der Waals surface area (Å²) in [6, 6.07) is 3.92. The lowest BCUT2D eigenvalue weighted by atomic mass is 10.1. The van der Waals surface area contributed by atoms with Crippen LogP contribution in [-0.4, -0.2) is 23.7 Å². The normalized spacial score (nSPS) is 12.9. The lowest BCUT2D eigenvalue weighted by molar-refractivity contribution is -0.117. The summed E-state index contributed by atoms with van der Waals surface area (Å²) < 4.78 is 12.9. The molecule has 1 amide bonds. The fourth-order valence-electron chi connectivity index (χ4n) is 1.44. The van der Waals surface area contributed by atoms with E-state index < -0.39 is 5.82 Å². The number of hydrogen-bond acceptors (Lipinski definition) is 2. The van der Waals surface area contributed by atoms with Crippen molar-refractivity contribution in [2.45, 2.75) is 19.9 Å². The molecule has 0 fully saturated rings. The lowest BCUT2D eigenvalue weighted by Gasteiger charge is -2.18. The molecule has 0 heterocycles. The third kappa shape index (κ3) is 5.01. The van der Waals surface area contributed by atoms with Gasteiger partial charge < -0.3 is 10.4 Å². The van der Waals surface area contributed by atoms with Crippen LogP contribution in [0.15, 0.2) is 24.3 Å². The average molecular weight is 286 g/mol. The molecule has 0 aliphatic rings. The van der Waals surface area contributed by atoms with Crippen LogP contribution in [0.4, 0.5) is 4.39 Å². The van der Waals surface area contributed by atoms with Crippen LogP contribution < -0.4 is 5.32 Å². The van der Waals surface area contributed by atoms with Gasteiger partial charge in [0, 0.05) is 6.08 Å². The second-order valence-electron chi connectivity index (χ2n) is 4.55. The molecular weight excluding hydrogens is 269 g/mol. The van der Waals surface area contributed by atoms with Crippen molar-refractivity contribution in [3.8, 4) is 0 Å². The Morgan fingerprint density at radius 1 is 1.53 bits per heavy atom. The number of aliphatic hydroxyl groups is 1. The first-order chi connectivity index (χ1) is 8.93. The Hall–Kier alpha value is -1.39. The van der Waals surface area contributed by atoms with Gasteiger partial charge in [0.15, 0.2) is 0 Å². The quantitative estimate of drug-likeness (QED) is 0.817. The molecule has 3 nitrogen and oxygen atoms in total. The van der Waals surface area contributed by atoms with Crippen molar-refractivity contribution in [2.75, 3.05) is 6.61 Å². The molecule has 0 aromatic heterocycles. The van der Waals surface area contributed by atoms with Crippen molar-refractivity contribution in [3.63, 3.8) is 0 Å². The zero-order valence-electron chi connectivity index (χ0n) is 10.9. The van der Waals surface area contributed by atoms with Crippen LogP contribution in [0.3, 0.4) is 0 Å². The summed E-state index contributed by atoms with van der Waals surface area (Å²) in [7, 11) is 0. The predicted molar refractivity (Wildman–Crippen MR) is 74.3 cm³/mol. The maximum absolute atomic E-state index is 12.9. The third-order valence-corrected chi connectivity index (χ3v) is 2.99. The molecule has 104 valence electrons. The minimum Gasteiger partial charge on any atom is -0.394 e. The molecule has 19 heavy (non-hydrogen) atoms. The van der Waals surface area contributed by atoms with Crippen LogP contribution in [0.25, 0.3) is 6.08 Å². The number of amides is 1. The number of rotatable bonds is 5. The van der Waals surface area contributed by atoms with Crippen LogP contribution in [0.1, 0.15) is 19.4 Å². The van der Waals surface area contributed by atoms with Crippen molar-refractivity contribution >= 4 is 23.6 Å². The largest absolute Gasteiger partial charge is 0.394 e. The van der Waals surface area contributed by atoms with Gasteiger partial charge in [0.1, 0.15) is 5.82 Å². The number of aliphatic hydroxyl groups excluding tert-OH is 1. The SMILES string of the molecule is CC(C)[C@@H](CO)NC(=O)C=Cc1ccc(F)c(Cl)c1. The van der Waals surface area contributed by atoms with Gasteiger partial charge in [0.2, 0.25) is 5.91 Å². The first-order valence-electron chi connectivity index (χ1n) is 5.98. The fourth-order valence-corrected chi connectivity index (χ4v) is 1.63. The van der Waals surface area contributed by atoms with Gasteiger partial charge in [0.25, 0.3) is 0 Å². The molecule has 0 spiro atoms. The van der Waals surface area contributed by atoms with E-state index in [-0.39, 0.29) is 29.5 Å². The smallest absolute Gasteiger partial charge is 0.244 e. The molecule has 1 rings (SSSR count). The molecule has 2 N–H and O–H groups in total. The lowest BCUT2D eigenvalue weighted by Crippen LogP contribution is -2.40. The monoisotopic (exact) mass is 285 g/mol. The molecule has 0 radical (unpaired) electrons. The van der Waals surface area contributed by atoms with E-state index in [1.807, 2.05) is 13.8 Å². The van der Waals surface area contributed by atoms with Crippen LogP contribution in [0.5, 0.6) is 0 Å². The molecule has 0 saturated carbocycles. The molecule has 0 aliphatic heterocycles. The number of hydrogen-bond donors (Lipinski definition) is 2. The Labute approximate surface area is 117 Å². The van der Waals surface area contributed by atoms with Gasteiger partial charge in [-0.1, -0.05) is 31.5 Å². The van der Waals surface area contributed by atoms with E-state index in [2.05, 4.69) is 5.32 Å². The summed E-state index contributed by atoms with van der Waals surface area (Å²) in [5, 5.41) is 11.8. The van der Waals surface area contributed by atoms with Crippen molar-refractivity contribution < 1.29 is 14.3 Å². The Bertz CT molecular complexity index is 475.